The van der Waals surface area contributed by atoms with E-state index in [1.807, 2.05) is 30.3 Å². The lowest BCUT2D eigenvalue weighted by molar-refractivity contribution is 0.352. The molecule has 1 aliphatic carbocycles. The van der Waals surface area contributed by atoms with Crippen molar-refractivity contribution >= 4 is 9.84 Å². The summed E-state index contributed by atoms with van der Waals surface area (Å²) in [5, 5.41) is 3.92. The molecule has 0 unspecified atom stereocenters. The van der Waals surface area contributed by atoms with E-state index in [9.17, 15) is 8.42 Å². The zero-order chi connectivity index (χ0) is 15.3. The van der Waals surface area contributed by atoms with E-state index in [2.05, 4.69) is 10.1 Å². The highest BCUT2D eigenvalue weighted by molar-refractivity contribution is 7.91. The first-order chi connectivity index (χ1) is 9.77. The molecule has 1 saturated carbocycles. The number of hydrogen-bond donors (Lipinski definition) is 0. The Morgan fingerprint density at radius 1 is 1.19 bits per heavy atom. The zero-order valence-corrected chi connectivity index (χ0v) is 13.1. The molecule has 1 aromatic carbocycles. The lowest BCUT2D eigenvalue weighted by atomic mass is 9.96. The minimum atomic E-state index is -3.32. The topological polar surface area (TPSA) is 73.1 Å². The van der Waals surface area contributed by atoms with Gasteiger partial charge in [-0.1, -0.05) is 35.5 Å². The van der Waals surface area contributed by atoms with Crippen molar-refractivity contribution in [1.29, 1.82) is 0 Å². The van der Waals surface area contributed by atoms with Gasteiger partial charge in [-0.25, -0.2) is 8.42 Å². The summed E-state index contributed by atoms with van der Waals surface area (Å²) in [6.45, 7) is 3.19. The summed E-state index contributed by atoms with van der Waals surface area (Å²) >= 11 is 0. The van der Waals surface area contributed by atoms with E-state index < -0.39 is 14.6 Å². The van der Waals surface area contributed by atoms with E-state index in [0.29, 0.717) is 5.89 Å². The summed E-state index contributed by atoms with van der Waals surface area (Å²) in [4.78, 5) is 4.40. The summed E-state index contributed by atoms with van der Waals surface area (Å²) < 4.78 is 28.0. The van der Waals surface area contributed by atoms with Crippen LogP contribution in [0.5, 0.6) is 0 Å². The normalized spacial score (nSPS) is 17.7. The molecule has 1 aromatic heterocycles. The molecule has 2 aromatic rings. The lowest BCUT2D eigenvalue weighted by Crippen LogP contribution is -2.29. The van der Waals surface area contributed by atoms with E-state index in [0.717, 1.165) is 18.4 Å². The number of hydrogen-bond acceptors (Lipinski definition) is 5. The fourth-order valence-electron chi connectivity index (χ4n) is 2.34. The third kappa shape index (κ3) is 2.18. The Labute approximate surface area is 124 Å². The van der Waals surface area contributed by atoms with E-state index in [1.54, 1.807) is 13.8 Å². The largest absolute Gasteiger partial charge is 0.338 e. The third-order valence-corrected chi connectivity index (χ3v) is 6.41. The molecular weight excluding hydrogens is 288 g/mol. The average molecular weight is 306 g/mol. The summed E-state index contributed by atoms with van der Waals surface area (Å²) in [5.74, 6) is 0.739. The monoisotopic (exact) mass is 306 g/mol. The van der Waals surface area contributed by atoms with Gasteiger partial charge in [-0.05, 0) is 32.3 Å². The maximum absolute atomic E-state index is 11.9. The summed E-state index contributed by atoms with van der Waals surface area (Å²) in [5.41, 5.74) is 0.900. The Morgan fingerprint density at radius 3 is 2.33 bits per heavy atom. The van der Waals surface area contributed by atoms with Crippen LogP contribution in [0.2, 0.25) is 0 Å². The van der Waals surface area contributed by atoms with Gasteiger partial charge in [0.2, 0.25) is 5.89 Å². The summed E-state index contributed by atoms with van der Waals surface area (Å²) in [6.07, 6.45) is 3.07. The van der Waals surface area contributed by atoms with E-state index in [4.69, 9.17) is 4.52 Å². The van der Waals surface area contributed by atoms with Crippen LogP contribution >= 0.6 is 0 Å². The minimum absolute atomic E-state index is 0.224. The molecule has 0 amide bonds. The van der Waals surface area contributed by atoms with Gasteiger partial charge in [0.05, 0.1) is 5.41 Å². The van der Waals surface area contributed by atoms with Gasteiger partial charge in [-0.3, -0.25) is 0 Å². The average Bonchev–Trinajstić information content (AvgIpc) is 3.08. The molecule has 0 bridgehead atoms. The van der Waals surface area contributed by atoms with Gasteiger partial charge in [0, 0.05) is 6.26 Å². The van der Waals surface area contributed by atoms with Crippen LogP contribution in [0.1, 0.15) is 44.0 Å². The highest BCUT2D eigenvalue weighted by atomic mass is 32.2. The first kappa shape index (κ1) is 14.3. The first-order valence-electron chi connectivity index (χ1n) is 6.87. The van der Waals surface area contributed by atoms with Crippen molar-refractivity contribution in [3.8, 4) is 0 Å². The predicted octanol–water partition coefficient (Wildman–Crippen LogP) is 2.43. The van der Waals surface area contributed by atoms with Crippen molar-refractivity contribution in [3.63, 3.8) is 0 Å². The molecule has 1 fully saturated rings. The van der Waals surface area contributed by atoms with Crippen molar-refractivity contribution in [2.75, 3.05) is 6.26 Å². The van der Waals surface area contributed by atoms with Gasteiger partial charge in [0.15, 0.2) is 15.7 Å². The van der Waals surface area contributed by atoms with Crippen molar-refractivity contribution in [3.05, 3.63) is 47.6 Å². The van der Waals surface area contributed by atoms with Crippen LogP contribution in [-0.4, -0.2) is 24.8 Å². The van der Waals surface area contributed by atoms with Crippen LogP contribution in [0, 0.1) is 0 Å². The van der Waals surface area contributed by atoms with Crippen LogP contribution in [0.4, 0.5) is 0 Å². The van der Waals surface area contributed by atoms with Crippen LogP contribution in [-0.2, 0) is 20.0 Å². The highest BCUT2D eigenvalue weighted by Crippen LogP contribution is 2.53. The van der Waals surface area contributed by atoms with Crippen LogP contribution in [0.3, 0.4) is 0 Å². The molecule has 5 nitrogen and oxygen atoms in total. The minimum Gasteiger partial charge on any atom is -0.338 e. The quantitative estimate of drug-likeness (QED) is 0.867. The van der Waals surface area contributed by atoms with Gasteiger partial charge in [0.25, 0.3) is 0 Å². The molecular formula is C15H18N2O3S. The number of sulfone groups is 1. The number of nitrogens with zero attached hydrogens (tertiary/aromatic N) is 2. The van der Waals surface area contributed by atoms with Crippen LogP contribution in [0.25, 0.3) is 0 Å². The van der Waals surface area contributed by atoms with Crippen molar-refractivity contribution in [1.82, 2.24) is 10.1 Å². The van der Waals surface area contributed by atoms with Crippen molar-refractivity contribution < 1.29 is 12.9 Å². The van der Waals surface area contributed by atoms with Gasteiger partial charge in [-0.15, -0.1) is 0 Å². The van der Waals surface area contributed by atoms with Crippen molar-refractivity contribution in [2.24, 2.45) is 0 Å². The molecule has 1 aliphatic rings. The Hall–Kier alpha value is -1.69. The van der Waals surface area contributed by atoms with Crippen LogP contribution < -0.4 is 0 Å². The van der Waals surface area contributed by atoms with E-state index in [-0.39, 0.29) is 11.2 Å². The van der Waals surface area contributed by atoms with Gasteiger partial charge < -0.3 is 4.52 Å². The number of benzene rings is 1. The standard InChI is InChI=1S/C15H18N2O3S/c1-14(2,21(3,18)19)12-16-13(20-17-12)15(9-10-15)11-7-5-4-6-8-11/h4-8H,9-10H2,1-3H3. The Balaban J connectivity index is 2.01. The van der Waals surface area contributed by atoms with Gasteiger partial charge in [-0.2, -0.15) is 4.98 Å². The SMILES string of the molecule is CC(C)(c1noc(C2(c3ccccc3)CC2)n1)S(C)(=O)=O. The smallest absolute Gasteiger partial charge is 0.237 e. The predicted molar refractivity (Wildman–Crippen MR) is 78.6 cm³/mol. The molecule has 112 valence electrons. The first-order valence-corrected chi connectivity index (χ1v) is 8.76. The second-order valence-electron chi connectivity index (χ2n) is 6.15. The van der Waals surface area contributed by atoms with Gasteiger partial charge >= 0.3 is 0 Å². The second-order valence-corrected chi connectivity index (χ2v) is 8.72. The van der Waals surface area contributed by atoms with E-state index in [1.165, 1.54) is 6.26 Å². The molecule has 0 N–H and O–H groups in total. The molecule has 1 heterocycles. The molecule has 0 aliphatic heterocycles. The molecule has 0 radical (unpaired) electrons. The molecule has 21 heavy (non-hydrogen) atoms. The molecule has 0 saturated heterocycles. The van der Waals surface area contributed by atoms with Gasteiger partial charge in [0.1, 0.15) is 4.75 Å². The molecule has 0 atom stereocenters. The number of aromatic nitrogens is 2. The highest BCUT2D eigenvalue weighted by Gasteiger charge is 2.51. The summed E-state index contributed by atoms with van der Waals surface area (Å²) in [6, 6.07) is 10.0. The Morgan fingerprint density at radius 2 is 1.81 bits per heavy atom. The van der Waals surface area contributed by atoms with Crippen LogP contribution in [0.15, 0.2) is 34.9 Å². The fourth-order valence-corrected chi connectivity index (χ4v) is 2.75. The zero-order valence-electron chi connectivity index (χ0n) is 12.3. The molecule has 3 rings (SSSR count). The molecule has 0 spiro atoms. The van der Waals surface area contributed by atoms with Crippen molar-refractivity contribution in [2.45, 2.75) is 36.9 Å². The Bertz CT molecular complexity index is 759. The van der Waals surface area contributed by atoms with E-state index >= 15 is 0 Å². The third-order valence-electron chi connectivity index (χ3n) is 4.38. The fraction of sp³-hybridized carbons (Fsp3) is 0.467. The maximum atomic E-state index is 11.9. The second kappa shape index (κ2) is 4.40. The number of rotatable bonds is 4. The Kier molecular flexibility index (Phi) is 2.99. The maximum Gasteiger partial charge on any atom is 0.237 e. The summed E-state index contributed by atoms with van der Waals surface area (Å²) in [7, 11) is -3.32. The lowest BCUT2D eigenvalue weighted by Gasteiger charge is -2.17. The molecule has 6 heteroatoms.